The van der Waals surface area contributed by atoms with E-state index in [1.54, 1.807) is 19.1 Å². The summed E-state index contributed by atoms with van der Waals surface area (Å²) in [5, 5.41) is 8.61. The molecule has 12 heavy (non-hydrogen) atoms. The third-order valence-corrected chi connectivity index (χ3v) is 1.55. The van der Waals surface area contributed by atoms with Gasteiger partial charge in [0.15, 0.2) is 0 Å². The molecule has 0 atom stereocenters. The number of hydrogen-bond donors (Lipinski definition) is 2. The van der Waals surface area contributed by atoms with Crippen LogP contribution in [0.3, 0.4) is 0 Å². The van der Waals surface area contributed by atoms with Crippen LogP contribution in [0.25, 0.3) is 0 Å². The molecule has 3 nitrogen and oxygen atoms in total. The van der Waals surface area contributed by atoms with Crippen LogP contribution in [0.1, 0.15) is 15.9 Å². The van der Waals surface area contributed by atoms with Crippen molar-refractivity contribution in [3.8, 4) is 0 Å². The van der Waals surface area contributed by atoms with Crippen LogP contribution in [0.2, 0.25) is 0 Å². The lowest BCUT2D eigenvalue weighted by Crippen LogP contribution is -2.03. The molecule has 0 saturated heterocycles. The van der Waals surface area contributed by atoms with Gasteiger partial charge < -0.3 is 10.8 Å². The quantitative estimate of drug-likeness (QED) is 0.658. The molecule has 0 saturated carbocycles. The second-order valence-corrected chi connectivity index (χ2v) is 2.34. The highest BCUT2D eigenvalue weighted by atomic mass is 35.5. The van der Waals surface area contributed by atoms with Gasteiger partial charge in [0.2, 0.25) is 0 Å². The van der Waals surface area contributed by atoms with E-state index < -0.39 is 5.97 Å². The number of para-hydroxylation sites is 1. The van der Waals surface area contributed by atoms with E-state index in [0.29, 0.717) is 5.69 Å². The minimum atomic E-state index is -0.980. The maximum Gasteiger partial charge on any atom is 0.337 e. The molecular weight excluding hydrogens is 178 g/mol. The maximum absolute atomic E-state index is 10.5. The highest BCUT2D eigenvalue weighted by molar-refractivity contribution is 5.94. The van der Waals surface area contributed by atoms with Crippen molar-refractivity contribution in [2.45, 2.75) is 6.92 Å². The van der Waals surface area contributed by atoms with Gasteiger partial charge in [0.1, 0.15) is 0 Å². The first-order valence-corrected chi connectivity index (χ1v) is 3.21. The van der Waals surface area contributed by atoms with Crippen molar-refractivity contribution < 1.29 is 9.90 Å². The number of carboxylic acids is 1. The molecule has 0 aromatic heterocycles. The number of carboxylic acid groups (broad SMARTS) is 1. The number of nitrogen functional groups attached to an aromatic ring is 1. The smallest absolute Gasteiger partial charge is 0.337 e. The normalized spacial score (nSPS) is 8.75. The van der Waals surface area contributed by atoms with Crippen LogP contribution in [-0.4, -0.2) is 11.1 Å². The van der Waals surface area contributed by atoms with Crippen molar-refractivity contribution in [3.63, 3.8) is 0 Å². The largest absolute Gasteiger partial charge is 0.478 e. The molecule has 0 heterocycles. The Bertz CT molecular complexity index is 299. The molecule has 0 bridgehead atoms. The van der Waals surface area contributed by atoms with Crippen LogP contribution >= 0.6 is 12.4 Å². The van der Waals surface area contributed by atoms with Crippen LogP contribution in [0, 0.1) is 6.92 Å². The average Bonchev–Trinajstić information content (AvgIpc) is 1.94. The summed E-state index contributed by atoms with van der Waals surface area (Å²) in [6, 6.07) is 4.95. The van der Waals surface area contributed by atoms with Crippen LogP contribution < -0.4 is 5.73 Å². The van der Waals surface area contributed by atoms with Gasteiger partial charge in [0, 0.05) is 5.69 Å². The topological polar surface area (TPSA) is 63.3 Å². The van der Waals surface area contributed by atoms with Crippen molar-refractivity contribution >= 4 is 24.1 Å². The monoisotopic (exact) mass is 187 g/mol. The zero-order valence-corrected chi connectivity index (χ0v) is 7.39. The molecule has 1 aromatic carbocycles. The zero-order chi connectivity index (χ0) is 8.43. The number of nitrogens with two attached hydrogens (primary N) is 1. The third-order valence-electron chi connectivity index (χ3n) is 1.55. The van der Waals surface area contributed by atoms with Crippen molar-refractivity contribution in [2.75, 3.05) is 5.73 Å². The molecule has 66 valence electrons. The molecular formula is C8H10ClNO2. The number of carbonyl (C=O) groups is 1. The standard InChI is InChI=1S/C8H9NO2.ClH/c1-5-3-2-4-6(7(5)9)8(10)11;/h2-4H,9H2,1H3,(H,10,11);1H. The minimum Gasteiger partial charge on any atom is -0.478 e. The van der Waals surface area contributed by atoms with Gasteiger partial charge in [0.25, 0.3) is 0 Å². The predicted molar refractivity (Wildman–Crippen MR) is 49.8 cm³/mol. The number of rotatable bonds is 1. The first-order chi connectivity index (χ1) is 5.13. The number of benzene rings is 1. The molecule has 0 unspecified atom stereocenters. The molecule has 0 spiro atoms. The molecule has 0 aliphatic carbocycles. The second kappa shape index (κ2) is 3.97. The summed E-state index contributed by atoms with van der Waals surface area (Å²) in [5.41, 5.74) is 6.82. The summed E-state index contributed by atoms with van der Waals surface area (Å²) in [7, 11) is 0. The number of anilines is 1. The summed E-state index contributed by atoms with van der Waals surface area (Å²) in [6.07, 6.45) is 0. The fourth-order valence-electron chi connectivity index (χ4n) is 0.867. The number of halogens is 1. The third kappa shape index (κ3) is 1.89. The first kappa shape index (κ1) is 10.8. The van der Waals surface area contributed by atoms with Gasteiger partial charge in [-0.3, -0.25) is 0 Å². The second-order valence-electron chi connectivity index (χ2n) is 2.34. The Morgan fingerprint density at radius 2 is 2.08 bits per heavy atom. The Balaban J connectivity index is 0.00000121. The maximum atomic E-state index is 10.5. The van der Waals surface area contributed by atoms with E-state index in [2.05, 4.69) is 0 Å². The van der Waals surface area contributed by atoms with Crippen LogP contribution in [0.4, 0.5) is 5.69 Å². The fraction of sp³-hybridized carbons (Fsp3) is 0.125. The van der Waals surface area contributed by atoms with E-state index in [1.165, 1.54) is 6.07 Å². The molecule has 1 rings (SSSR count). The van der Waals surface area contributed by atoms with E-state index in [9.17, 15) is 4.79 Å². The summed E-state index contributed by atoms with van der Waals surface area (Å²) in [5.74, 6) is -0.980. The SMILES string of the molecule is Cc1cccc(C(=O)O)c1N.Cl. The van der Waals surface area contributed by atoms with Crippen LogP contribution in [0.15, 0.2) is 18.2 Å². The number of aromatic carboxylic acids is 1. The Kier molecular flexibility index (Phi) is 3.57. The molecule has 0 amide bonds. The molecule has 0 aliphatic rings. The van der Waals surface area contributed by atoms with Gasteiger partial charge in [0.05, 0.1) is 5.56 Å². The summed E-state index contributed by atoms with van der Waals surface area (Å²) < 4.78 is 0. The lowest BCUT2D eigenvalue weighted by molar-refractivity contribution is 0.0698. The highest BCUT2D eigenvalue weighted by Crippen LogP contribution is 2.15. The van der Waals surface area contributed by atoms with Crippen molar-refractivity contribution in [3.05, 3.63) is 29.3 Å². The molecule has 0 radical (unpaired) electrons. The minimum absolute atomic E-state index is 0. The molecule has 3 N–H and O–H groups in total. The van der Waals surface area contributed by atoms with E-state index in [1.807, 2.05) is 0 Å². The molecule has 0 fully saturated rings. The lowest BCUT2D eigenvalue weighted by atomic mass is 10.1. The van der Waals surface area contributed by atoms with Gasteiger partial charge in [-0.15, -0.1) is 12.4 Å². The van der Waals surface area contributed by atoms with E-state index in [-0.39, 0.29) is 18.0 Å². The van der Waals surface area contributed by atoms with Gasteiger partial charge in [-0.25, -0.2) is 4.79 Å². The van der Waals surface area contributed by atoms with E-state index in [4.69, 9.17) is 10.8 Å². The molecule has 4 heteroatoms. The predicted octanol–water partition coefficient (Wildman–Crippen LogP) is 1.70. The van der Waals surface area contributed by atoms with Crippen molar-refractivity contribution in [2.24, 2.45) is 0 Å². The number of hydrogen-bond acceptors (Lipinski definition) is 2. The van der Waals surface area contributed by atoms with Gasteiger partial charge >= 0.3 is 5.97 Å². The van der Waals surface area contributed by atoms with Crippen LogP contribution in [-0.2, 0) is 0 Å². The summed E-state index contributed by atoms with van der Waals surface area (Å²) in [6.45, 7) is 1.78. The summed E-state index contributed by atoms with van der Waals surface area (Å²) >= 11 is 0. The van der Waals surface area contributed by atoms with Crippen LogP contribution in [0.5, 0.6) is 0 Å². The summed E-state index contributed by atoms with van der Waals surface area (Å²) in [4.78, 5) is 10.5. The Labute approximate surface area is 76.6 Å². The molecule has 1 aromatic rings. The Morgan fingerprint density at radius 3 is 2.50 bits per heavy atom. The zero-order valence-electron chi connectivity index (χ0n) is 6.57. The van der Waals surface area contributed by atoms with Crippen molar-refractivity contribution in [1.29, 1.82) is 0 Å². The van der Waals surface area contributed by atoms with E-state index >= 15 is 0 Å². The Morgan fingerprint density at radius 1 is 1.50 bits per heavy atom. The average molecular weight is 188 g/mol. The fourth-order valence-corrected chi connectivity index (χ4v) is 0.867. The first-order valence-electron chi connectivity index (χ1n) is 3.21. The van der Waals surface area contributed by atoms with Gasteiger partial charge in [-0.05, 0) is 18.6 Å². The van der Waals surface area contributed by atoms with Gasteiger partial charge in [-0.2, -0.15) is 0 Å². The van der Waals surface area contributed by atoms with Crippen molar-refractivity contribution in [1.82, 2.24) is 0 Å². The lowest BCUT2D eigenvalue weighted by Gasteiger charge is -2.02. The molecule has 0 aliphatic heterocycles. The highest BCUT2D eigenvalue weighted by Gasteiger charge is 2.07. The van der Waals surface area contributed by atoms with E-state index in [0.717, 1.165) is 5.56 Å². The number of aryl methyl sites for hydroxylation is 1. The Hall–Kier alpha value is -1.22. The van der Waals surface area contributed by atoms with Gasteiger partial charge in [-0.1, -0.05) is 12.1 Å².